The highest BCUT2D eigenvalue weighted by Gasteiger charge is 2.11. The van der Waals surface area contributed by atoms with Crippen LogP contribution in [0.4, 0.5) is 5.95 Å². The predicted octanol–water partition coefficient (Wildman–Crippen LogP) is 2.33. The van der Waals surface area contributed by atoms with Gasteiger partial charge in [-0.05, 0) is 24.8 Å². The number of nitrogens with zero attached hydrogens (tertiary/aromatic N) is 2. The summed E-state index contributed by atoms with van der Waals surface area (Å²) in [5, 5.41) is 11.9. The van der Waals surface area contributed by atoms with Gasteiger partial charge in [0.15, 0.2) is 5.69 Å². The highest BCUT2D eigenvalue weighted by molar-refractivity contribution is 5.85. The number of aryl methyl sites for hydroxylation is 1. The molecule has 0 aliphatic heterocycles. The number of aromatic carboxylic acids is 1. The van der Waals surface area contributed by atoms with E-state index in [0.717, 1.165) is 13.0 Å². The van der Waals surface area contributed by atoms with Gasteiger partial charge in [-0.25, -0.2) is 14.8 Å². The van der Waals surface area contributed by atoms with Gasteiger partial charge in [0.1, 0.15) is 0 Å². The molecule has 0 aromatic carbocycles. The molecule has 94 valence electrons. The second-order valence-electron chi connectivity index (χ2n) is 5.26. The number of carboxylic acid groups (broad SMARTS) is 1. The van der Waals surface area contributed by atoms with Crippen LogP contribution in [-0.4, -0.2) is 27.6 Å². The summed E-state index contributed by atoms with van der Waals surface area (Å²) in [5.41, 5.74) is 0.901. The third-order valence-electron chi connectivity index (χ3n) is 2.23. The van der Waals surface area contributed by atoms with E-state index >= 15 is 0 Å². The Labute approximate surface area is 101 Å². The molecule has 0 saturated carbocycles. The molecule has 0 unspecified atom stereocenters. The van der Waals surface area contributed by atoms with Crippen LogP contribution in [0.25, 0.3) is 0 Å². The lowest BCUT2D eigenvalue weighted by atomic mass is 9.92. The van der Waals surface area contributed by atoms with E-state index in [-0.39, 0.29) is 11.1 Å². The maximum absolute atomic E-state index is 10.8. The fourth-order valence-electron chi connectivity index (χ4n) is 1.31. The molecule has 0 aliphatic carbocycles. The van der Waals surface area contributed by atoms with Crippen LogP contribution >= 0.6 is 0 Å². The largest absolute Gasteiger partial charge is 0.477 e. The second kappa shape index (κ2) is 5.12. The smallest absolute Gasteiger partial charge is 0.354 e. The maximum atomic E-state index is 10.8. The number of carbonyl (C=O) groups is 1. The summed E-state index contributed by atoms with van der Waals surface area (Å²) in [4.78, 5) is 18.9. The molecule has 1 rings (SSSR count). The van der Waals surface area contributed by atoms with Gasteiger partial charge in [0, 0.05) is 12.2 Å². The van der Waals surface area contributed by atoms with Crippen LogP contribution in [0.1, 0.15) is 43.4 Å². The Balaban J connectivity index is 2.68. The molecule has 0 radical (unpaired) electrons. The van der Waals surface area contributed by atoms with Gasteiger partial charge in [-0.15, -0.1) is 0 Å². The summed E-state index contributed by atoms with van der Waals surface area (Å²) in [7, 11) is 0. The first-order valence-corrected chi connectivity index (χ1v) is 5.61. The third-order valence-corrected chi connectivity index (χ3v) is 2.23. The number of rotatable bonds is 4. The van der Waals surface area contributed by atoms with E-state index < -0.39 is 5.97 Å². The molecule has 1 aromatic heterocycles. The van der Waals surface area contributed by atoms with Crippen LogP contribution in [0.5, 0.6) is 0 Å². The van der Waals surface area contributed by atoms with E-state index in [1.807, 2.05) is 0 Å². The van der Waals surface area contributed by atoms with Gasteiger partial charge in [-0.2, -0.15) is 0 Å². The molecule has 0 spiro atoms. The van der Waals surface area contributed by atoms with Crippen LogP contribution in [0.2, 0.25) is 0 Å². The van der Waals surface area contributed by atoms with E-state index in [9.17, 15) is 4.79 Å². The van der Waals surface area contributed by atoms with Crippen molar-refractivity contribution in [1.29, 1.82) is 0 Å². The summed E-state index contributed by atoms with van der Waals surface area (Å²) >= 11 is 0. The number of anilines is 1. The van der Waals surface area contributed by atoms with Crippen LogP contribution in [-0.2, 0) is 0 Å². The average molecular weight is 237 g/mol. The van der Waals surface area contributed by atoms with Crippen molar-refractivity contribution in [1.82, 2.24) is 9.97 Å². The molecule has 0 bridgehead atoms. The van der Waals surface area contributed by atoms with Crippen LogP contribution in [0, 0.1) is 12.3 Å². The summed E-state index contributed by atoms with van der Waals surface area (Å²) in [6.07, 6.45) is 0.965. The second-order valence-corrected chi connectivity index (χ2v) is 5.26. The first-order valence-electron chi connectivity index (χ1n) is 5.61. The van der Waals surface area contributed by atoms with Crippen LogP contribution in [0.3, 0.4) is 0 Å². The van der Waals surface area contributed by atoms with Crippen molar-refractivity contribution < 1.29 is 9.90 Å². The molecule has 5 nitrogen and oxygen atoms in total. The summed E-state index contributed by atoms with van der Waals surface area (Å²) in [6, 6.07) is 1.46. The van der Waals surface area contributed by atoms with Gasteiger partial charge >= 0.3 is 5.97 Å². The van der Waals surface area contributed by atoms with Crippen molar-refractivity contribution in [3.63, 3.8) is 0 Å². The monoisotopic (exact) mass is 237 g/mol. The molecule has 0 amide bonds. The molecule has 0 saturated heterocycles. The molecular formula is C12H19N3O2. The van der Waals surface area contributed by atoms with Gasteiger partial charge < -0.3 is 10.4 Å². The van der Waals surface area contributed by atoms with Gasteiger partial charge in [0.2, 0.25) is 5.95 Å². The van der Waals surface area contributed by atoms with Crippen molar-refractivity contribution in [2.75, 3.05) is 11.9 Å². The summed E-state index contributed by atoms with van der Waals surface area (Å²) < 4.78 is 0. The summed E-state index contributed by atoms with van der Waals surface area (Å²) in [5.74, 6) is -0.652. The molecule has 0 atom stereocenters. The molecule has 0 fully saturated rings. The Morgan fingerprint density at radius 3 is 2.59 bits per heavy atom. The van der Waals surface area contributed by atoms with Crippen molar-refractivity contribution >= 4 is 11.9 Å². The van der Waals surface area contributed by atoms with Gasteiger partial charge in [-0.3, -0.25) is 0 Å². The minimum atomic E-state index is -1.03. The van der Waals surface area contributed by atoms with E-state index in [0.29, 0.717) is 11.6 Å². The van der Waals surface area contributed by atoms with Gasteiger partial charge in [0.25, 0.3) is 0 Å². The fraction of sp³-hybridized carbons (Fsp3) is 0.583. The predicted molar refractivity (Wildman–Crippen MR) is 66.3 cm³/mol. The minimum Gasteiger partial charge on any atom is -0.477 e. The lowest BCUT2D eigenvalue weighted by Crippen LogP contribution is -2.15. The quantitative estimate of drug-likeness (QED) is 0.840. The normalized spacial score (nSPS) is 11.3. The Bertz CT molecular complexity index is 411. The minimum absolute atomic E-state index is 0.0239. The van der Waals surface area contributed by atoms with Crippen LogP contribution < -0.4 is 5.32 Å². The molecule has 5 heteroatoms. The Morgan fingerprint density at radius 2 is 2.06 bits per heavy atom. The van der Waals surface area contributed by atoms with Crippen molar-refractivity contribution in [3.05, 3.63) is 17.5 Å². The molecular weight excluding hydrogens is 218 g/mol. The third kappa shape index (κ3) is 4.80. The number of hydrogen-bond donors (Lipinski definition) is 2. The van der Waals surface area contributed by atoms with E-state index in [1.165, 1.54) is 6.07 Å². The molecule has 0 aliphatic rings. The number of carboxylic acids is 1. The molecule has 1 heterocycles. The Kier molecular flexibility index (Phi) is 4.04. The fourth-order valence-corrected chi connectivity index (χ4v) is 1.31. The highest BCUT2D eigenvalue weighted by Crippen LogP contribution is 2.18. The standard InChI is InChI=1S/C12H19N3O2/c1-8-7-9(10(16)17)15-11(14-8)13-6-5-12(2,3)4/h7H,5-6H2,1-4H3,(H,16,17)(H,13,14,15). The molecule has 1 aromatic rings. The highest BCUT2D eigenvalue weighted by atomic mass is 16.4. The Morgan fingerprint density at radius 1 is 1.41 bits per heavy atom. The maximum Gasteiger partial charge on any atom is 0.354 e. The van der Waals surface area contributed by atoms with Gasteiger partial charge in [-0.1, -0.05) is 20.8 Å². The number of aromatic nitrogens is 2. The van der Waals surface area contributed by atoms with E-state index in [4.69, 9.17) is 5.11 Å². The van der Waals surface area contributed by atoms with Crippen molar-refractivity contribution in [3.8, 4) is 0 Å². The molecule has 17 heavy (non-hydrogen) atoms. The zero-order valence-electron chi connectivity index (χ0n) is 10.7. The lowest BCUT2D eigenvalue weighted by Gasteiger charge is -2.18. The first kappa shape index (κ1) is 13.4. The van der Waals surface area contributed by atoms with Gasteiger partial charge in [0.05, 0.1) is 0 Å². The first-order chi connectivity index (χ1) is 7.78. The SMILES string of the molecule is Cc1cc(C(=O)O)nc(NCCC(C)(C)C)n1. The zero-order chi connectivity index (χ0) is 13.1. The van der Waals surface area contributed by atoms with Crippen molar-refractivity contribution in [2.24, 2.45) is 5.41 Å². The Hall–Kier alpha value is -1.65. The number of nitrogens with one attached hydrogen (secondary N) is 1. The topological polar surface area (TPSA) is 75.1 Å². The average Bonchev–Trinajstić information content (AvgIpc) is 2.14. The molecule has 2 N–H and O–H groups in total. The zero-order valence-corrected chi connectivity index (χ0v) is 10.7. The van der Waals surface area contributed by atoms with Crippen LogP contribution in [0.15, 0.2) is 6.07 Å². The van der Waals surface area contributed by atoms with E-state index in [1.54, 1.807) is 6.92 Å². The summed E-state index contributed by atoms with van der Waals surface area (Å²) in [6.45, 7) is 8.92. The van der Waals surface area contributed by atoms with Crippen molar-refractivity contribution in [2.45, 2.75) is 34.1 Å². The van der Waals surface area contributed by atoms with E-state index in [2.05, 4.69) is 36.1 Å². The lowest BCUT2D eigenvalue weighted by molar-refractivity contribution is 0.0690. The number of hydrogen-bond acceptors (Lipinski definition) is 4.